The maximum atomic E-state index is 13.4. The van der Waals surface area contributed by atoms with Gasteiger partial charge in [-0.05, 0) is 60.9 Å². The molecule has 0 atom stereocenters. The quantitative estimate of drug-likeness (QED) is 0.235. The highest BCUT2D eigenvalue weighted by Crippen LogP contribution is 2.33. The zero-order valence-electron chi connectivity index (χ0n) is 18.4. The molecule has 8 nitrogen and oxygen atoms in total. The summed E-state index contributed by atoms with van der Waals surface area (Å²) in [7, 11) is 1.54. The maximum Gasteiger partial charge on any atom is 0.247 e. The fourth-order valence-electron chi connectivity index (χ4n) is 3.21. The van der Waals surface area contributed by atoms with Gasteiger partial charge in [0.25, 0.3) is 0 Å². The average molecular weight is 477 g/mol. The van der Waals surface area contributed by atoms with Crippen molar-refractivity contribution >= 4 is 35.0 Å². The molecule has 0 fully saturated rings. The molecule has 10 heteroatoms. The number of aromatic nitrogens is 4. The lowest BCUT2D eigenvalue weighted by atomic mass is 10.1. The molecule has 0 bridgehead atoms. The molecule has 0 spiro atoms. The van der Waals surface area contributed by atoms with E-state index >= 15 is 0 Å². The summed E-state index contributed by atoms with van der Waals surface area (Å²) in [4.78, 5) is 28.5. The van der Waals surface area contributed by atoms with E-state index in [9.17, 15) is 9.18 Å². The molecule has 4 aromatic rings. The minimum atomic E-state index is -0.327. The first kappa shape index (κ1) is 23.0. The van der Waals surface area contributed by atoms with Crippen LogP contribution in [0.5, 0.6) is 5.75 Å². The first-order chi connectivity index (χ1) is 16.5. The van der Waals surface area contributed by atoms with E-state index in [1.807, 2.05) is 6.26 Å². The fraction of sp³-hybridized carbons (Fsp3) is 0.0833. The predicted octanol–water partition coefficient (Wildman–Crippen LogP) is 5.27. The second kappa shape index (κ2) is 10.2. The van der Waals surface area contributed by atoms with Gasteiger partial charge in [-0.25, -0.2) is 19.3 Å². The van der Waals surface area contributed by atoms with E-state index in [2.05, 4.69) is 37.1 Å². The molecule has 4 rings (SSSR count). The highest BCUT2D eigenvalue weighted by Gasteiger charge is 2.16. The number of thioether (sulfide) groups is 1. The lowest BCUT2D eigenvalue weighted by molar-refractivity contribution is -0.111. The number of ether oxygens (including phenoxy) is 1. The number of benzene rings is 2. The standard InChI is InChI=1S/C24H21FN6O2S/c1-4-20(32)27-16-9-10-19(33-2)18(13-16)29-23-26-12-11-17(28-23)22-21(30-24(31-22)34-3)14-5-7-15(25)8-6-14/h4-13H,1H2,2-3H3,(H,27,32)(H,30,31)(H,26,28,29). The molecule has 0 radical (unpaired) electrons. The van der Waals surface area contributed by atoms with Crippen LogP contribution in [0.4, 0.5) is 21.7 Å². The van der Waals surface area contributed by atoms with Gasteiger partial charge in [-0.3, -0.25) is 4.79 Å². The number of nitrogens with zero attached hydrogens (tertiary/aromatic N) is 3. The fourth-order valence-corrected chi connectivity index (χ4v) is 3.59. The molecule has 1 amide bonds. The summed E-state index contributed by atoms with van der Waals surface area (Å²) < 4.78 is 18.9. The summed E-state index contributed by atoms with van der Waals surface area (Å²) >= 11 is 1.46. The summed E-state index contributed by atoms with van der Waals surface area (Å²) in [6.07, 6.45) is 4.72. The molecule has 0 saturated heterocycles. The molecule has 172 valence electrons. The zero-order chi connectivity index (χ0) is 24.1. The first-order valence-electron chi connectivity index (χ1n) is 10.1. The van der Waals surface area contributed by atoms with Crippen LogP contribution in [-0.4, -0.2) is 39.2 Å². The van der Waals surface area contributed by atoms with Crippen molar-refractivity contribution in [2.45, 2.75) is 5.16 Å². The molecule has 0 aliphatic heterocycles. The summed E-state index contributed by atoms with van der Waals surface area (Å²) in [6, 6.07) is 13.0. The smallest absolute Gasteiger partial charge is 0.247 e. The van der Waals surface area contributed by atoms with E-state index in [0.717, 1.165) is 5.56 Å². The highest BCUT2D eigenvalue weighted by atomic mass is 32.2. The molecule has 2 aromatic carbocycles. The van der Waals surface area contributed by atoms with Gasteiger partial charge in [0, 0.05) is 17.4 Å². The maximum absolute atomic E-state index is 13.4. The Balaban J connectivity index is 1.69. The molecule has 0 saturated carbocycles. The van der Waals surface area contributed by atoms with Crippen molar-refractivity contribution in [1.82, 2.24) is 19.9 Å². The number of carbonyl (C=O) groups excluding carboxylic acids is 1. The van der Waals surface area contributed by atoms with Gasteiger partial charge in [0.1, 0.15) is 11.6 Å². The number of amides is 1. The largest absolute Gasteiger partial charge is 0.495 e. The average Bonchev–Trinajstić information content (AvgIpc) is 3.29. The van der Waals surface area contributed by atoms with E-state index in [1.54, 1.807) is 49.7 Å². The topological polar surface area (TPSA) is 105 Å². The third kappa shape index (κ3) is 5.07. The monoisotopic (exact) mass is 476 g/mol. The molecular weight excluding hydrogens is 455 g/mol. The van der Waals surface area contributed by atoms with Crippen LogP contribution in [0.1, 0.15) is 0 Å². The van der Waals surface area contributed by atoms with Crippen LogP contribution in [0.15, 0.2) is 72.5 Å². The number of halogens is 1. The molecule has 34 heavy (non-hydrogen) atoms. The van der Waals surface area contributed by atoms with Crippen LogP contribution < -0.4 is 15.4 Å². The van der Waals surface area contributed by atoms with Crippen molar-refractivity contribution in [2.24, 2.45) is 0 Å². The number of methoxy groups -OCH3 is 1. The Morgan fingerprint density at radius 3 is 2.68 bits per heavy atom. The second-order valence-electron chi connectivity index (χ2n) is 6.98. The molecule has 0 aliphatic carbocycles. The van der Waals surface area contributed by atoms with Crippen molar-refractivity contribution in [2.75, 3.05) is 24.0 Å². The normalized spacial score (nSPS) is 10.6. The molecular formula is C24H21FN6O2S. The zero-order valence-corrected chi connectivity index (χ0v) is 19.2. The van der Waals surface area contributed by atoms with E-state index in [-0.39, 0.29) is 11.7 Å². The van der Waals surface area contributed by atoms with Crippen LogP contribution >= 0.6 is 11.8 Å². The molecule has 3 N–H and O–H groups in total. The number of carbonyl (C=O) groups is 1. The molecule has 0 aliphatic rings. The van der Waals surface area contributed by atoms with Gasteiger partial charge >= 0.3 is 0 Å². The second-order valence-corrected chi connectivity index (χ2v) is 7.77. The summed E-state index contributed by atoms with van der Waals surface area (Å²) in [5, 5.41) is 6.55. The summed E-state index contributed by atoms with van der Waals surface area (Å²) in [6.45, 7) is 3.46. The van der Waals surface area contributed by atoms with Gasteiger partial charge < -0.3 is 20.4 Å². The minimum absolute atomic E-state index is 0.313. The Morgan fingerprint density at radius 1 is 1.18 bits per heavy atom. The number of anilines is 3. The van der Waals surface area contributed by atoms with Gasteiger partial charge in [-0.15, -0.1) is 0 Å². The van der Waals surface area contributed by atoms with Crippen molar-refractivity contribution < 1.29 is 13.9 Å². The Morgan fingerprint density at radius 2 is 1.97 bits per heavy atom. The number of hydrogen-bond acceptors (Lipinski definition) is 7. The predicted molar refractivity (Wildman–Crippen MR) is 132 cm³/mol. The number of imidazole rings is 1. The van der Waals surface area contributed by atoms with E-state index in [1.165, 1.54) is 30.0 Å². The van der Waals surface area contributed by atoms with Gasteiger partial charge in [-0.2, -0.15) is 0 Å². The molecule has 2 aromatic heterocycles. The van der Waals surface area contributed by atoms with Gasteiger partial charge in [-0.1, -0.05) is 18.3 Å². The Labute approximate surface area is 199 Å². The van der Waals surface area contributed by atoms with E-state index in [4.69, 9.17) is 4.74 Å². The molecule has 2 heterocycles. The SMILES string of the molecule is C=CC(=O)Nc1ccc(OC)c(Nc2nccc(-c3[nH]c(SC)nc3-c3ccc(F)cc3)n2)c1. The Kier molecular flexibility index (Phi) is 6.88. The number of H-pyrrole nitrogens is 1. The summed E-state index contributed by atoms with van der Waals surface area (Å²) in [5.74, 6) is 0.212. The van der Waals surface area contributed by atoms with Crippen LogP contribution in [0.25, 0.3) is 22.6 Å². The minimum Gasteiger partial charge on any atom is -0.495 e. The molecule has 0 unspecified atom stereocenters. The number of aromatic amines is 1. The van der Waals surface area contributed by atoms with Crippen molar-refractivity contribution in [1.29, 1.82) is 0 Å². The number of nitrogens with one attached hydrogen (secondary N) is 3. The van der Waals surface area contributed by atoms with Crippen LogP contribution in [0.3, 0.4) is 0 Å². The van der Waals surface area contributed by atoms with Crippen molar-refractivity contribution in [3.05, 3.63) is 73.2 Å². The number of rotatable bonds is 8. The lowest BCUT2D eigenvalue weighted by Gasteiger charge is -2.13. The highest BCUT2D eigenvalue weighted by molar-refractivity contribution is 7.98. The third-order valence-corrected chi connectivity index (χ3v) is 5.38. The van der Waals surface area contributed by atoms with Crippen LogP contribution in [0, 0.1) is 5.82 Å². The summed E-state index contributed by atoms with van der Waals surface area (Å²) in [5.41, 5.74) is 3.81. The Bertz CT molecular complexity index is 1340. The van der Waals surface area contributed by atoms with E-state index < -0.39 is 0 Å². The van der Waals surface area contributed by atoms with Crippen molar-refractivity contribution in [3.63, 3.8) is 0 Å². The van der Waals surface area contributed by atoms with Gasteiger partial charge in [0.15, 0.2) is 5.16 Å². The number of hydrogen-bond donors (Lipinski definition) is 3. The van der Waals surface area contributed by atoms with Crippen molar-refractivity contribution in [3.8, 4) is 28.4 Å². The van der Waals surface area contributed by atoms with Crippen LogP contribution in [0.2, 0.25) is 0 Å². The lowest BCUT2D eigenvalue weighted by Crippen LogP contribution is -2.08. The first-order valence-corrected chi connectivity index (χ1v) is 11.3. The third-order valence-electron chi connectivity index (χ3n) is 4.80. The van der Waals surface area contributed by atoms with Gasteiger partial charge in [0.2, 0.25) is 11.9 Å². The van der Waals surface area contributed by atoms with Crippen LogP contribution in [-0.2, 0) is 4.79 Å². The van der Waals surface area contributed by atoms with Gasteiger partial charge in [0.05, 0.1) is 29.9 Å². The Hall–Kier alpha value is -4.18. The van der Waals surface area contributed by atoms with E-state index in [0.29, 0.717) is 45.3 Å².